The number of aryl methyl sites for hydroxylation is 2. The topological polar surface area (TPSA) is 99.2 Å². The van der Waals surface area contributed by atoms with Crippen LogP contribution in [-0.2, 0) is 11.3 Å². The Hall–Kier alpha value is -3.07. The summed E-state index contributed by atoms with van der Waals surface area (Å²) < 4.78 is 12.8. The number of rotatable bonds is 6. The molecule has 2 fully saturated rings. The van der Waals surface area contributed by atoms with Crippen molar-refractivity contribution in [3.05, 3.63) is 51.8 Å². The number of aromatic nitrogens is 5. The van der Waals surface area contributed by atoms with Gasteiger partial charge in [-0.25, -0.2) is 4.68 Å². The predicted octanol–water partition coefficient (Wildman–Crippen LogP) is 2.11. The van der Waals surface area contributed by atoms with Gasteiger partial charge in [-0.15, -0.1) is 5.10 Å². The molecule has 1 aliphatic heterocycles. The number of hydrogen-bond donors (Lipinski definition) is 0. The van der Waals surface area contributed by atoms with Crippen LogP contribution in [0.1, 0.15) is 36.8 Å². The van der Waals surface area contributed by atoms with Gasteiger partial charge in [0.05, 0.1) is 35.8 Å². The van der Waals surface area contributed by atoms with E-state index in [0.29, 0.717) is 17.1 Å². The van der Waals surface area contributed by atoms with E-state index in [0.717, 1.165) is 42.9 Å². The molecule has 156 valence electrons. The van der Waals surface area contributed by atoms with Gasteiger partial charge in [-0.1, -0.05) is 5.16 Å². The van der Waals surface area contributed by atoms with E-state index in [1.807, 2.05) is 26.0 Å². The van der Waals surface area contributed by atoms with Crippen LogP contribution < -0.4 is 10.5 Å². The molecule has 0 N–H and O–H groups in total. The Balaban J connectivity index is 1.31. The summed E-state index contributed by atoms with van der Waals surface area (Å²) in [5.74, 6) is 0.626. The first kappa shape index (κ1) is 18.9. The Morgan fingerprint density at radius 3 is 2.70 bits per heavy atom. The van der Waals surface area contributed by atoms with Gasteiger partial charge in [-0.2, -0.15) is 10.2 Å². The standard InChI is InChI=1S/C21H24N6O3/c1-13-4-5-18(24-23-13)20-17(14(2)30-25-20)12-27-19(28)8-15(9-22-27)26-10-16(11-26)29-21(3)6-7-21/h4-5,8-9,16H,6-7,10-12H2,1-3H3. The average Bonchev–Trinajstić information content (AvgIpc) is 3.32. The van der Waals surface area contributed by atoms with Crippen LogP contribution in [0, 0.1) is 13.8 Å². The van der Waals surface area contributed by atoms with E-state index in [2.05, 4.69) is 32.3 Å². The van der Waals surface area contributed by atoms with Gasteiger partial charge in [-0.3, -0.25) is 4.79 Å². The van der Waals surface area contributed by atoms with Crippen molar-refractivity contribution in [3.8, 4) is 11.4 Å². The molecule has 0 unspecified atom stereocenters. The van der Waals surface area contributed by atoms with Crippen LogP contribution in [0.25, 0.3) is 11.4 Å². The summed E-state index contributed by atoms with van der Waals surface area (Å²) in [6.07, 6.45) is 4.24. The Bertz CT molecular complexity index is 1130. The largest absolute Gasteiger partial charge is 0.368 e. The van der Waals surface area contributed by atoms with Crippen molar-refractivity contribution in [3.63, 3.8) is 0 Å². The van der Waals surface area contributed by atoms with Crippen LogP contribution in [0.2, 0.25) is 0 Å². The SMILES string of the molecule is Cc1ccc(-c2noc(C)c2Cn2ncc(N3CC(OC4(C)CC4)C3)cc2=O)nn1. The van der Waals surface area contributed by atoms with Crippen molar-refractivity contribution in [2.45, 2.75) is 51.9 Å². The van der Waals surface area contributed by atoms with Gasteiger partial charge in [0.2, 0.25) is 0 Å². The lowest BCUT2D eigenvalue weighted by molar-refractivity contribution is -0.0326. The summed E-state index contributed by atoms with van der Waals surface area (Å²) in [4.78, 5) is 14.8. The number of nitrogens with zero attached hydrogens (tertiary/aromatic N) is 6. The van der Waals surface area contributed by atoms with Gasteiger partial charge in [0.15, 0.2) is 0 Å². The van der Waals surface area contributed by atoms with Gasteiger partial charge in [-0.05, 0) is 45.7 Å². The molecule has 0 aromatic carbocycles. The van der Waals surface area contributed by atoms with Crippen LogP contribution in [-0.4, -0.2) is 49.9 Å². The van der Waals surface area contributed by atoms with Gasteiger partial charge < -0.3 is 14.2 Å². The highest BCUT2D eigenvalue weighted by atomic mass is 16.5. The van der Waals surface area contributed by atoms with Crippen molar-refractivity contribution in [1.29, 1.82) is 0 Å². The normalized spacial score (nSPS) is 17.8. The quantitative estimate of drug-likeness (QED) is 0.612. The summed E-state index contributed by atoms with van der Waals surface area (Å²) in [6.45, 7) is 7.68. The van der Waals surface area contributed by atoms with E-state index < -0.39 is 0 Å². The summed E-state index contributed by atoms with van der Waals surface area (Å²) in [5.41, 5.74) is 3.50. The molecular weight excluding hydrogens is 384 g/mol. The Morgan fingerprint density at radius 1 is 1.23 bits per heavy atom. The molecule has 9 nitrogen and oxygen atoms in total. The van der Waals surface area contributed by atoms with E-state index in [-0.39, 0.29) is 23.8 Å². The first-order valence-electron chi connectivity index (χ1n) is 10.2. The smallest absolute Gasteiger partial charge is 0.269 e. The summed E-state index contributed by atoms with van der Waals surface area (Å²) in [7, 11) is 0. The molecule has 3 aromatic heterocycles. The van der Waals surface area contributed by atoms with Crippen LogP contribution in [0.15, 0.2) is 33.7 Å². The maximum absolute atomic E-state index is 12.7. The lowest BCUT2D eigenvalue weighted by atomic mass is 10.1. The molecule has 9 heteroatoms. The molecule has 0 bridgehead atoms. The highest BCUT2D eigenvalue weighted by Gasteiger charge is 2.43. The average molecular weight is 408 g/mol. The summed E-state index contributed by atoms with van der Waals surface area (Å²) in [5, 5.41) is 16.7. The Kier molecular flexibility index (Phi) is 4.43. The van der Waals surface area contributed by atoms with Crippen LogP contribution in [0.3, 0.4) is 0 Å². The monoisotopic (exact) mass is 408 g/mol. The molecule has 3 aromatic rings. The van der Waals surface area contributed by atoms with Crippen LogP contribution in [0.5, 0.6) is 0 Å². The number of anilines is 1. The minimum atomic E-state index is -0.174. The second kappa shape index (κ2) is 7.02. The van der Waals surface area contributed by atoms with Gasteiger partial charge in [0.1, 0.15) is 17.1 Å². The molecule has 0 atom stereocenters. The zero-order valence-electron chi connectivity index (χ0n) is 17.3. The molecule has 4 heterocycles. The third-order valence-corrected chi connectivity index (χ3v) is 5.81. The highest BCUT2D eigenvalue weighted by Crippen LogP contribution is 2.41. The molecule has 0 radical (unpaired) electrons. The molecule has 0 spiro atoms. The van der Waals surface area contributed by atoms with Crippen LogP contribution >= 0.6 is 0 Å². The minimum absolute atomic E-state index is 0.0778. The van der Waals surface area contributed by atoms with E-state index in [1.165, 1.54) is 4.68 Å². The molecule has 0 amide bonds. The molecule has 1 saturated carbocycles. The number of hydrogen-bond acceptors (Lipinski definition) is 8. The van der Waals surface area contributed by atoms with E-state index in [4.69, 9.17) is 9.26 Å². The van der Waals surface area contributed by atoms with Gasteiger partial charge in [0.25, 0.3) is 5.56 Å². The van der Waals surface area contributed by atoms with Crippen molar-refractivity contribution in [2.24, 2.45) is 0 Å². The molecule has 2 aliphatic rings. The number of ether oxygens (including phenoxy) is 1. The maximum atomic E-state index is 12.7. The van der Waals surface area contributed by atoms with E-state index in [9.17, 15) is 4.79 Å². The molecule has 5 rings (SSSR count). The molecule has 30 heavy (non-hydrogen) atoms. The summed E-state index contributed by atoms with van der Waals surface area (Å²) >= 11 is 0. The third kappa shape index (κ3) is 3.60. The van der Waals surface area contributed by atoms with Crippen molar-refractivity contribution >= 4 is 5.69 Å². The van der Waals surface area contributed by atoms with Gasteiger partial charge in [0, 0.05) is 24.7 Å². The molecule has 1 aliphatic carbocycles. The fraction of sp³-hybridized carbons (Fsp3) is 0.476. The Labute approximate surface area is 173 Å². The Morgan fingerprint density at radius 2 is 2.03 bits per heavy atom. The summed E-state index contributed by atoms with van der Waals surface area (Å²) in [6, 6.07) is 5.33. The molecular formula is C21H24N6O3. The maximum Gasteiger partial charge on any atom is 0.269 e. The second-order valence-corrected chi connectivity index (χ2v) is 8.43. The van der Waals surface area contributed by atoms with E-state index in [1.54, 1.807) is 12.3 Å². The molecule has 1 saturated heterocycles. The zero-order chi connectivity index (χ0) is 20.9. The predicted molar refractivity (Wildman–Crippen MR) is 109 cm³/mol. The fourth-order valence-electron chi connectivity index (χ4n) is 3.59. The third-order valence-electron chi connectivity index (χ3n) is 5.81. The second-order valence-electron chi connectivity index (χ2n) is 8.43. The first-order valence-corrected chi connectivity index (χ1v) is 10.2. The lowest BCUT2D eigenvalue weighted by Crippen LogP contribution is -2.54. The zero-order valence-corrected chi connectivity index (χ0v) is 17.3. The van der Waals surface area contributed by atoms with Crippen molar-refractivity contribution in [1.82, 2.24) is 25.1 Å². The minimum Gasteiger partial charge on any atom is -0.368 e. The van der Waals surface area contributed by atoms with Crippen LogP contribution in [0.4, 0.5) is 5.69 Å². The van der Waals surface area contributed by atoms with Crippen molar-refractivity contribution in [2.75, 3.05) is 18.0 Å². The van der Waals surface area contributed by atoms with Gasteiger partial charge >= 0.3 is 0 Å². The fourth-order valence-corrected chi connectivity index (χ4v) is 3.59. The first-order chi connectivity index (χ1) is 14.4. The van der Waals surface area contributed by atoms with E-state index >= 15 is 0 Å². The lowest BCUT2D eigenvalue weighted by Gasteiger charge is -2.41. The van der Waals surface area contributed by atoms with Crippen molar-refractivity contribution < 1.29 is 9.26 Å². The highest BCUT2D eigenvalue weighted by molar-refractivity contribution is 5.58.